The van der Waals surface area contributed by atoms with Crippen LogP contribution in [0.1, 0.15) is 16.8 Å². The van der Waals surface area contributed by atoms with E-state index < -0.39 is 9.84 Å². The number of hydrogen-bond acceptors (Lipinski definition) is 5. The van der Waals surface area contributed by atoms with Crippen LogP contribution in [0.4, 0.5) is 0 Å². The second-order valence-corrected chi connectivity index (χ2v) is 9.14. The molecule has 1 aliphatic heterocycles. The van der Waals surface area contributed by atoms with E-state index in [0.717, 1.165) is 5.56 Å². The van der Waals surface area contributed by atoms with Crippen molar-refractivity contribution in [1.82, 2.24) is 9.88 Å². The van der Waals surface area contributed by atoms with Crippen LogP contribution in [0.3, 0.4) is 0 Å². The molecule has 3 aromatic rings. The van der Waals surface area contributed by atoms with Gasteiger partial charge in [0.15, 0.2) is 15.6 Å². The quantitative estimate of drug-likeness (QED) is 0.676. The minimum Gasteiger partial charge on any atom is -0.436 e. The van der Waals surface area contributed by atoms with Gasteiger partial charge in [-0.25, -0.2) is 13.4 Å². The predicted octanol–water partition coefficient (Wildman–Crippen LogP) is 3.27. The van der Waals surface area contributed by atoms with E-state index in [1.54, 1.807) is 31.4 Å². The predicted molar refractivity (Wildman–Crippen MR) is 107 cm³/mol. The van der Waals surface area contributed by atoms with Crippen LogP contribution >= 0.6 is 0 Å². The molecule has 144 valence electrons. The fourth-order valence-corrected chi connectivity index (χ4v) is 5.20. The number of aromatic nitrogens is 1. The van der Waals surface area contributed by atoms with Gasteiger partial charge in [0.1, 0.15) is 0 Å². The Morgan fingerprint density at radius 3 is 2.54 bits per heavy atom. The summed E-state index contributed by atoms with van der Waals surface area (Å²) in [5.74, 6) is 0.867. The Hall–Kier alpha value is -2.93. The minimum absolute atomic E-state index is 0.00850. The van der Waals surface area contributed by atoms with Gasteiger partial charge in [0, 0.05) is 24.2 Å². The summed E-state index contributed by atoms with van der Waals surface area (Å²) in [5, 5.41) is 0. The van der Waals surface area contributed by atoms with Crippen LogP contribution < -0.4 is 0 Å². The Labute approximate surface area is 163 Å². The third-order valence-corrected chi connectivity index (χ3v) is 6.78. The highest BCUT2D eigenvalue weighted by atomic mass is 32.2. The van der Waals surface area contributed by atoms with Crippen molar-refractivity contribution < 1.29 is 17.6 Å². The van der Waals surface area contributed by atoms with Gasteiger partial charge in [0.25, 0.3) is 5.91 Å². The summed E-state index contributed by atoms with van der Waals surface area (Å²) >= 11 is 0. The van der Waals surface area contributed by atoms with Crippen LogP contribution in [0.25, 0.3) is 22.8 Å². The lowest BCUT2D eigenvalue weighted by Gasteiger charge is -2.24. The van der Waals surface area contributed by atoms with Crippen molar-refractivity contribution in [3.05, 3.63) is 66.4 Å². The summed E-state index contributed by atoms with van der Waals surface area (Å²) in [6, 6.07) is 16.4. The highest BCUT2D eigenvalue weighted by molar-refractivity contribution is 7.91. The molecule has 2 heterocycles. The van der Waals surface area contributed by atoms with Crippen molar-refractivity contribution in [3.63, 3.8) is 0 Å². The fourth-order valence-electron chi connectivity index (χ4n) is 3.43. The maximum absolute atomic E-state index is 13.1. The van der Waals surface area contributed by atoms with Crippen molar-refractivity contribution in [3.8, 4) is 22.8 Å². The molecule has 7 heteroatoms. The van der Waals surface area contributed by atoms with E-state index in [-0.39, 0.29) is 23.5 Å². The zero-order chi connectivity index (χ0) is 19.7. The first kappa shape index (κ1) is 18.4. The average Bonchev–Trinajstić information content (AvgIpc) is 3.34. The molecular weight excluding hydrogens is 376 g/mol. The molecule has 1 aromatic heterocycles. The van der Waals surface area contributed by atoms with Crippen LogP contribution in [0.5, 0.6) is 0 Å². The zero-order valence-corrected chi connectivity index (χ0v) is 16.2. The molecule has 0 saturated carbocycles. The molecule has 1 amide bonds. The molecule has 0 spiro atoms. The molecule has 2 aromatic carbocycles. The summed E-state index contributed by atoms with van der Waals surface area (Å²) in [4.78, 5) is 18.9. The number of nitrogens with zero attached hydrogens (tertiary/aromatic N) is 2. The average molecular weight is 396 g/mol. The van der Waals surface area contributed by atoms with E-state index in [9.17, 15) is 13.2 Å². The Bertz CT molecular complexity index is 1110. The number of hydrogen-bond donors (Lipinski definition) is 0. The molecule has 4 rings (SSSR count). The molecule has 6 nitrogen and oxygen atoms in total. The maximum Gasteiger partial charge on any atom is 0.254 e. The number of carbonyl (C=O) groups excluding carboxylic acids is 1. The number of oxazole rings is 1. The summed E-state index contributed by atoms with van der Waals surface area (Å²) < 4.78 is 29.4. The minimum atomic E-state index is -3.07. The van der Waals surface area contributed by atoms with Gasteiger partial charge in [-0.3, -0.25) is 4.79 Å². The first-order valence-corrected chi connectivity index (χ1v) is 10.8. The first-order chi connectivity index (χ1) is 13.4. The largest absolute Gasteiger partial charge is 0.436 e. The Kier molecular flexibility index (Phi) is 4.77. The highest BCUT2D eigenvalue weighted by Crippen LogP contribution is 2.29. The second kappa shape index (κ2) is 7.24. The van der Waals surface area contributed by atoms with Crippen molar-refractivity contribution in [2.75, 3.05) is 18.6 Å². The van der Waals surface area contributed by atoms with E-state index in [1.165, 1.54) is 4.90 Å². The topological polar surface area (TPSA) is 80.5 Å². The number of sulfone groups is 1. The molecule has 1 saturated heterocycles. The van der Waals surface area contributed by atoms with Crippen LogP contribution in [-0.4, -0.2) is 48.8 Å². The Morgan fingerprint density at radius 1 is 1.11 bits per heavy atom. The second-order valence-electron chi connectivity index (χ2n) is 6.91. The monoisotopic (exact) mass is 396 g/mol. The van der Waals surface area contributed by atoms with Crippen molar-refractivity contribution in [2.45, 2.75) is 12.5 Å². The highest BCUT2D eigenvalue weighted by Gasteiger charge is 2.33. The van der Waals surface area contributed by atoms with Gasteiger partial charge in [-0.2, -0.15) is 0 Å². The Morgan fingerprint density at radius 2 is 1.82 bits per heavy atom. The van der Waals surface area contributed by atoms with Gasteiger partial charge in [0.2, 0.25) is 5.89 Å². The smallest absolute Gasteiger partial charge is 0.254 e. The van der Waals surface area contributed by atoms with Crippen molar-refractivity contribution in [2.24, 2.45) is 0 Å². The fraction of sp³-hybridized carbons (Fsp3) is 0.238. The molecule has 1 aliphatic rings. The normalized spacial score (nSPS) is 18.1. The van der Waals surface area contributed by atoms with Crippen LogP contribution in [0, 0.1) is 0 Å². The van der Waals surface area contributed by atoms with Gasteiger partial charge in [-0.05, 0) is 18.6 Å². The van der Waals surface area contributed by atoms with Crippen LogP contribution in [0.15, 0.2) is 65.2 Å². The molecule has 0 N–H and O–H groups in total. The number of rotatable bonds is 4. The molecule has 1 fully saturated rings. The molecule has 0 aliphatic carbocycles. The lowest BCUT2D eigenvalue weighted by atomic mass is 10.1. The first-order valence-electron chi connectivity index (χ1n) is 9.03. The van der Waals surface area contributed by atoms with Gasteiger partial charge in [-0.15, -0.1) is 0 Å². The lowest BCUT2D eigenvalue weighted by Crippen LogP contribution is -2.38. The van der Waals surface area contributed by atoms with Crippen molar-refractivity contribution in [1.29, 1.82) is 0 Å². The van der Waals surface area contributed by atoms with Gasteiger partial charge >= 0.3 is 0 Å². The van der Waals surface area contributed by atoms with E-state index in [0.29, 0.717) is 29.2 Å². The molecule has 1 atom stereocenters. The summed E-state index contributed by atoms with van der Waals surface area (Å²) in [6.45, 7) is 0. The van der Waals surface area contributed by atoms with E-state index in [4.69, 9.17) is 4.42 Å². The molecule has 0 bridgehead atoms. The molecule has 1 unspecified atom stereocenters. The summed E-state index contributed by atoms with van der Waals surface area (Å²) in [6.07, 6.45) is 2.10. The van der Waals surface area contributed by atoms with Crippen molar-refractivity contribution >= 4 is 15.7 Å². The van der Waals surface area contributed by atoms with E-state index in [2.05, 4.69) is 4.98 Å². The van der Waals surface area contributed by atoms with Gasteiger partial charge in [0.05, 0.1) is 23.3 Å². The van der Waals surface area contributed by atoms with Crippen LogP contribution in [-0.2, 0) is 9.84 Å². The third-order valence-electron chi connectivity index (χ3n) is 5.03. The molecule has 0 radical (unpaired) electrons. The SMILES string of the molecule is CN(C(=O)c1ccccc1-c1ncc(-c2ccccc2)o1)C1CCS(=O)(=O)C1. The summed E-state index contributed by atoms with van der Waals surface area (Å²) in [5.41, 5.74) is 1.93. The zero-order valence-electron chi connectivity index (χ0n) is 15.4. The molecule has 28 heavy (non-hydrogen) atoms. The Balaban J connectivity index is 1.64. The maximum atomic E-state index is 13.1. The lowest BCUT2D eigenvalue weighted by molar-refractivity contribution is 0.0748. The number of amides is 1. The van der Waals surface area contributed by atoms with E-state index >= 15 is 0 Å². The van der Waals surface area contributed by atoms with Gasteiger partial charge < -0.3 is 9.32 Å². The third kappa shape index (κ3) is 3.57. The number of carbonyl (C=O) groups is 1. The number of benzene rings is 2. The van der Waals surface area contributed by atoms with E-state index in [1.807, 2.05) is 36.4 Å². The van der Waals surface area contributed by atoms with Gasteiger partial charge in [-0.1, -0.05) is 42.5 Å². The summed E-state index contributed by atoms with van der Waals surface area (Å²) in [7, 11) is -1.42. The standard InChI is InChI=1S/C21H20N2O4S/c1-23(16-11-12-28(25,26)14-16)21(24)18-10-6-5-9-17(18)20-22-13-19(27-20)15-7-3-2-4-8-15/h2-10,13,16H,11-12,14H2,1H3. The molecular formula is C21H20N2O4S. The van der Waals surface area contributed by atoms with Crippen LogP contribution in [0.2, 0.25) is 0 Å².